The maximum absolute atomic E-state index is 13.8. The first-order valence-electron chi connectivity index (χ1n) is 6.21. The van der Waals surface area contributed by atoms with Crippen LogP contribution in [-0.4, -0.2) is 6.04 Å². The lowest BCUT2D eigenvalue weighted by Gasteiger charge is -2.39. The van der Waals surface area contributed by atoms with Crippen LogP contribution in [0.5, 0.6) is 0 Å². The van der Waals surface area contributed by atoms with Crippen molar-refractivity contribution in [2.45, 2.75) is 45.6 Å². The first-order valence-corrected chi connectivity index (χ1v) is 6.59. The Hall–Kier alpha value is -0.760. The van der Waals surface area contributed by atoms with E-state index in [0.29, 0.717) is 11.7 Å². The highest BCUT2D eigenvalue weighted by Crippen LogP contribution is 2.38. The van der Waals surface area contributed by atoms with E-state index in [0.717, 1.165) is 6.42 Å². The van der Waals surface area contributed by atoms with E-state index in [2.05, 4.69) is 19.2 Å². The van der Waals surface area contributed by atoms with Gasteiger partial charge in [0.15, 0.2) is 5.82 Å². The van der Waals surface area contributed by atoms with E-state index in [9.17, 15) is 4.39 Å². The molecule has 1 nitrogen and oxygen atoms in total. The van der Waals surface area contributed by atoms with Crippen molar-refractivity contribution in [2.75, 3.05) is 5.32 Å². The van der Waals surface area contributed by atoms with Gasteiger partial charge in [0.05, 0.1) is 10.7 Å². The second-order valence-electron chi connectivity index (χ2n) is 5.53. The van der Waals surface area contributed by atoms with Crippen molar-refractivity contribution >= 4 is 17.3 Å². The fraction of sp³-hybridized carbons (Fsp3) is 0.571. The zero-order chi connectivity index (χ0) is 12.5. The van der Waals surface area contributed by atoms with Gasteiger partial charge in [0, 0.05) is 6.04 Å². The molecular weight excluding hydrogens is 237 g/mol. The van der Waals surface area contributed by atoms with Gasteiger partial charge >= 0.3 is 0 Å². The van der Waals surface area contributed by atoms with Crippen molar-refractivity contribution in [2.24, 2.45) is 5.41 Å². The highest BCUT2D eigenvalue weighted by molar-refractivity contribution is 6.31. The standard InChI is InChI=1S/C14H19ClFN/c1-14(2)9-4-3-8-12(14)17-11-7-5-6-10(15)13(11)16/h5-7,12,17H,3-4,8-9H2,1-2H3. The van der Waals surface area contributed by atoms with Gasteiger partial charge in [0.25, 0.3) is 0 Å². The number of anilines is 1. The molecule has 1 aromatic carbocycles. The van der Waals surface area contributed by atoms with E-state index < -0.39 is 0 Å². The third kappa shape index (κ3) is 2.74. The van der Waals surface area contributed by atoms with Gasteiger partial charge in [-0.1, -0.05) is 44.4 Å². The largest absolute Gasteiger partial charge is 0.379 e. The summed E-state index contributed by atoms with van der Waals surface area (Å²) in [6, 6.07) is 5.44. The molecule has 0 bridgehead atoms. The van der Waals surface area contributed by atoms with Crippen LogP contribution in [0.25, 0.3) is 0 Å². The average molecular weight is 256 g/mol. The highest BCUT2D eigenvalue weighted by atomic mass is 35.5. The van der Waals surface area contributed by atoms with Crippen molar-refractivity contribution < 1.29 is 4.39 Å². The summed E-state index contributed by atoms with van der Waals surface area (Å²) in [6.45, 7) is 4.48. The number of nitrogens with one attached hydrogen (secondary N) is 1. The minimum atomic E-state index is -0.337. The number of rotatable bonds is 2. The van der Waals surface area contributed by atoms with Crippen LogP contribution in [-0.2, 0) is 0 Å². The van der Waals surface area contributed by atoms with Crippen LogP contribution in [0.15, 0.2) is 18.2 Å². The molecule has 2 rings (SSSR count). The van der Waals surface area contributed by atoms with Gasteiger partial charge in [-0.3, -0.25) is 0 Å². The molecule has 0 saturated heterocycles. The van der Waals surface area contributed by atoms with E-state index in [-0.39, 0.29) is 16.3 Å². The highest BCUT2D eigenvalue weighted by Gasteiger charge is 2.32. The van der Waals surface area contributed by atoms with Crippen molar-refractivity contribution in [3.8, 4) is 0 Å². The Morgan fingerprint density at radius 2 is 2.12 bits per heavy atom. The Kier molecular flexibility index (Phi) is 3.62. The molecule has 1 aliphatic rings. The zero-order valence-electron chi connectivity index (χ0n) is 10.4. The molecule has 0 aromatic heterocycles. The maximum Gasteiger partial charge on any atom is 0.164 e. The molecule has 3 heteroatoms. The van der Waals surface area contributed by atoms with Crippen LogP contribution in [0, 0.1) is 11.2 Å². The second-order valence-corrected chi connectivity index (χ2v) is 5.94. The third-order valence-corrected chi connectivity index (χ3v) is 4.08. The monoisotopic (exact) mass is 255 g/mol. The Bertz CT molecular complexity index is 403. The van der Waals surface area contributed by atoms with Gasteiger partial charge in [-0.05, 0) is 30.4 Å². The predicted octanol–water partition coefficient (Wildman–Crippen LogP) is 4.86. The Morgan fingerprint density at radius 3 is 2.82 bits per heavy atom. The second kappa shape index (κ2) is 4.85. The Labute approximate surface area is 107 Å². The van der Waals surface area contributed by atoms with Crippen LogP contribution in [0.2, 0.25) is 5.02 Å². The molecule has 0 aliphatic heterocycles. The van der Waals surface area contributed by atoms with Crippen LogP contribution in [0.1, 0.15) is 39.5 Å². The van der Waals surface area contributed by atoms with Gasteiger partial charge in [-0.15, -0.1) is 0 Å². The van der Waals surface area contributed by atoms with E-state index in [4.69, 9.17) is 11.6 Å². The van der Waals surface area contributed by atoms with Gasteiger partial charge in [-0.2, -0.15) is 0 Å². The molecule has 1 atom stereocenters. The fourth-order valence-electron chi connectivity index (χ4n) is 2.56. The molecule has 0 spiro atoms. The van der Waals surface area contributed by atoms with Gasteiger partial charge in [0.1, 0.15) is 0 Å². The summed E-state index contributed by atoms with van der Waals surface area (Å²) in [5, 5.41) is 3.50. The van der Waals surface area contributed by atoms with E-state index in [1.54, 1.807) is 18.2 Å². The smallest absolute Gasteiger partial charge is 0.164 e. The molecule has 1 fully saturated rings. The minimum absolute atomic E-state index is 0.184. The molecule has 0 radical (unpaired) electrons. The number of hydrogen-bond donors (Lipinski definition) is 1. The predicted molar refractivity (Wildman–Crippen MR) is 71.1 cm³/mol. The van der Waals surface area contributed by atoms with Crippen LogP contribution < -0.4 is 5.32 Å². The Balaban J connectivity index is 2.17. The fourth-order valence-corrected chi connectivity index (χ4v) is 2.74. The molecule has 94 valence electrons. The molecule has 1 aliphatic carbocycles. The molecule has 17 heavy (non-hydrogen) atoms. The SMILES string of the molecule is CC1(C)CCCCC1Nc1cccc(Cl)c1F. The van der Waals surface area contributed by atoms with E-state index >= 15 is 0 Å². The van der Waals surface area contributed by atoms with E-state index in [1.807, 2.05) is 0 Å². The van der Waals surface area contributed by atoms with Crippen LogP contribution in [0.3, 0.4) is 0 Å². The van der Waals surface area contributed by atoms with Crippen LogP contribution >= 0.6 is 11.6 Å². The summed E-state index contributed by atoms with van der Waals surface area (Å²) in [7, 11) is 0. The molecule has 1 unspecified atom stereocenters. The van der Waals surface area contributed by atoms with Crippen molar-refractivity contribution in [1.82, 2.24) is 0 Å². The molecular formula is C14H19ClFN. The summed E-state index contributed by atoms with van der Waals surface area (Å²) in [6.07, 6.45) is 4.76. The molecule has 1 aromatic rings. The van der Waals surface area contributed by atoms with E-state index in [1.165, 1.54) is 19.3 Å². The number of halogens is 2. The summed E-state index contributed by atoms with van der Waals surface area (Å²) in [5.74, 6) is -0.337. The molecule has 0 heterocycles. The first-order chi connectivity index (χ1) is 8.00. The minimum Gasteiger partial charge on any atom is -0.379 e. The summed E-state index contributed by atoms with van der Waals surface area (Å²) < 4.78 is 13.8. The first kappa shape index (κ1) is 12.7. The lowest BCUT2D eigenvalue weighted by Crippen LogP contribution is -2.39. The summed E-state index contributed by atoms with van der Waals surface area (Å²) in [4.78, 5) is 0. The molecule has 1 saturated carbocycles. The summed E-state index contributed by atoms with van der Waals surface area (Å²) in [5.41, 5.74) is 0.741. The molecule has 0 amide bonds. The van der Waals surface area contributed by atoms with Gasteiger partial charge in [-0.25, -0.2) is 4.39 Å². The Morgan fingerprint density at radius 1 is 1.35 bits per heavy atom. The number of hydrogen-bond acceptors (Lipinski definition) is 1. The molecule has 1 N–H and O–H groups in total. The van der Waals surface area contributed by atoms with Gasteiger partial charge in [0.2, 0.25) is 0 Å². The van der Waals surface area contributed by atoms with Crippen molar-refractivity contribution in [1.29, 1.82) is 0 Å². The third-order valence-electron chi connectivity index (χ3n) is 3.79. The average Bonchev–Trinajstić information content (AvgIpc) is 2.27. The van der Waals surface area contributed by atoms with Crippen LogP contribution in [0.4, 0.5) is 10.1 Å². The maximum atomic E-state index is 13.8. The zero-order valence-corrected chi connectivity index (χ0v) is 11.1. The quantitative estimate of drug-likeness (QED) is 0.796. The van der Waals surface area contributed by atoms with Crippen molar-refractivity contribution in [3.05, 3.63) is 29.0 Å². The number of benzene rings is 1. The topological polar surface area (TPSA) is 12.0 Å². The van der Waals surface area contributed by atoms with Crippen molar-refractivity contribution in [3.63, 3.8) is 0 Å². The lowest BCUT2D eigenvalue weighted by atomic mass is 9.73. The van der Waals surface area contributed by atoms with Gasteiger partial charge < -0.3 is 5.32 Å². The summed E-state index contributed by atoms with van der Waals surface area (Å²) >= 11 is 5.79. The lowest BCUT2D eigenvalue weighted by molar-refractivity contribution is 0.216. The normalized spacial score (nSPS) is 23.4.